The Bertz CT molecular complexity index is 1910. The molecule has 4 aromatic heterocycles. The molecule has 1 aromatic carbocycles. The van der Waals surface area contributed by atoms with Crippen molar-refractivity contribution in [3.8, 4) is 22.4 Å². The lowest BCUT2D eigenvalue weighted by Crippen LogP contribution is -2.55. The molecule has 0 aliphatic rings. The quantitative estimate of drug-likeness (QED) is 0.185. The first kappa shape index (κ1) is 27.9. The molecule has 0 saturated carbocycles. The van der Waals surface area contributed by atoms with Crippen molar-refractivity contribution in [2.75, 3.05) is 12.8 Å². The highest BCUT2D eigenvalue weighted by molar-refractivity contribution is 6.68. The fourth-order valence-electron chi connectivity index (χ4n) is 4.43. The van der Waals surface area contributed by atoms with E-state index in [0.717, 1.165) is 15.3 Å². The van der Waals surface area contributed by atoms with E-state index in [9.17, 15) is 14.0 Å². The second-order valence-electron chi connectivity index (χ2n) is 9.08. The van der Waals surface area contributed by atoms with Gasteiger partial charge in [-0.25, -0.2) is 33.0 Å². The van der Waals surface area contributed by atoms with Gasteiger partial charge < -0.3 is 10.5 Å². The maximum atomic E-state index is 13.5. The van der Waals surface area contributed by atoms with Gasteiger partial charge in [0.1, 0.15) is 50.7 Å². The molecule has 5 aromatic rings. The highest BCUT2D eigenvalue weighted by atomic mass is 19.1. The monoisotopic (exact) mass is 535 g/mol. The first-order chi connectivity index (χ1) is 19.4. The number of ether oxygens (including phenoxy) is 1. The molecule has 0 spiro atoms. The second kappa shape index (κ2) is 10.4. The summed E-state index contributed by atoms with van der Waals surface area (Å²) in [6.45, 7) is 1.54. The first-order valence-corrected chi connectivity index (χ1v) is 11.9. The topological polar surface area (TPSA) is 130 Å². The highest BCUT2D eigenvalue weighted by Crippen LogP contribution is 2.33. The Kier molecular flexibility index (Phi) is 7.10. The summed E-state index contributed by atoms with van der Waals surface area (Å²) in [6, 6.07) is 5.68. The number of benzene rings is 1. The molecule has 5 rings (SSSR count). The SMILES string of the molecule is [B]c1c([B])c([B])c(-c2nc(N)n3c(=O)n(Cc4ccc(F)cn4)nc3c2-c2cc(C)nc(C(=O)OC)c2)c([B])c1[B]. The summed E-state index contributed by atoms with van der Waals surface area (Å²) < 4.78 is 20.4. The summed E-state index contributed by atoms with van der Waals surface area (Å²) in [6.07, 6.45) is 1.02. The zero-order chi connectivity index (χ0) is 29.7. The molecule has 16 heteroatoms. The third-order valence-corrected chi connectivity index (χ3v) is 6.43. The predicted octanol–water partition coefficient (Wildman–Crippen LogP) is -3.15. The van der Waals surface area contributed by atoms with Crippen molar-refractivity contribution in [1.82, 2.24) is 29.1 Å². The van der Waals surface area contributed by atoms with Crippen LogP contribution in [-0.2, 0) is 11.3 Å². The molecule has 0 atom stereocenters. The van der Waals surface area contributed by atoms with Gasteiger partial charge in [-0.3, -0.25) is 4.98 Å². The smallest absolute Gasteiger partial charge is 0.356 e. The van der Waals surface area contributed by atoms with Crippen molar-refractivity contribution >= 4 is 84.1 Å². The van der Waals surface area contributed by atoms with Crippen molar-refractivity contribution < 1.29 is 13.9 Å². The van der Waals surface area contributed by atoms with Gasteiger partial charge in [0.25, 0.3) is 0 Å². The summed E-state index contributed by atoms with van der Waals surface area (Å²) in [5.74, 6) is -1.52. The van der Waals surface area contributed by atoms with Crippen LogP contribution in [0, 0.1) is 12.7 Å². The van der Waals surface area contributed by atoms with Crippen LogP contribution < -0.4 is 38.7 Å². The molecule has 41 heavy (non-hydrogen) atoms. The van der Waals surface area contributed by atoms with Crippen LogP contribution in [0.5, 0.6) is 0 Å². The zero-order valence-corrected chi connectivity index (χ0v) is 21.8. The number of halogens is 1. The number of carbonyl (C=O) groups excluding carboxylic acids is 1. The van der Waals surface area contributed by atoms with Crippen LogP contribution in [-0.4, -0.2) is 81.4 Å². The van der Waals surface area contributed by atoms with E-state index in [1.807, 2.05) is 0 Å². The van der Waals surface area contributed by atoms with E-state index in [1.165, 1.54) is 25.3 Å². The number of nitrogens with two attached hydrogens (primary N) is 1. The Labute approximate surface area is 239 Å². The molecule has 0 unspecified atom stereocenters. The lowest BCUT2D eigenvalue weighted by molar-refractivity contribution is 0.0594. The third-order valence-electron chi connectivity index (χ3n) is 6.43. The molecule has 0 saturated heterocycles. The van der Waals surface area contributed by atoms with Crippen molar-refractivity contribution in [2.45, 2.75) is 13.5 Å². The zero-order valence-electron chi connectivity index (χ0n) is 21.8. The van der Waals surface area contributed by atoms with E-state index in [2.05, 4.69) is 20.1 Å². The number of esters is 1. The number of rotatable bonds is 5. The van der Waals surface area contributed by atoms with Gasteiger partial charge in [0.15, 0.2) is 5.65 Å². The molecule has 0 bridgehead atoms. The molecular weight excluding hydrogens is 519 g/mol. The number of carbonyl (C=O) groups is 1. The Morgan fingerprint density at radius 1 is 1.00 bits per heavy atom. The van der Waals surface area contributed by atoms with E-state index < -0.39 is 17.5 Å². The Hall–Kier alpha value is -4.61. The van der Waals surface area contributed by atoms with Crippen LogP contribution in [0.3, 0.4) is 0 Å². The van der Waals surface area contributed by atoms with Gasteiger partial charge in [-0.2, -0.15) is 0 Å². The number of anilines is 1. The van der Waals surface area contributed by atoms with Gasteiger partial charge in [0.05, 0.1) is 36.8 Å². The number of aromatic nitrogens is 6. The van der Waals surface area contributed by atoms with Crippen molar-refractivity contribution in [3.63, 3.8) is 0 Å². The lowest BCUT2D eigenvalue weighted by Gasteiger charge is -2.23. The molecule has 10 radical (unpaired) electrons. The Morgan fingerprint density at radius 2 is 1.66 bits per heavy atom. The second-order valence-corrected chi connectivity index (χ2v) is 9.08. The predicted molar refractivity (Wildman–Crippen MR) is 157 cm³/mol. The summed E-state index contributed by atoms with van der Waals surface area (Å²) in [7, 11) is 32.2. The van der Waals surface area contributed by atoms with Crippen molar-refractivity contribution in [2.24, 2.45) is 0 Å². The first-order valence-electron chi connectivity index (χ1n) is 11.9. The number of pyridine rings is 2. The Morgan fingerprint density at radius 3 is 2.27 bits per heavy atom. The molecular formula is C25H15B5FN7O3. The van der Waals surface area contributed by atoms with Gasteiger partial charge in [-0.1, -0.05) is 10.9 Å². The summed E-state index contributed by atoms with van der Waals surface area (Å²) in [5, 5.41) is 4.51. The van der Waals surface area contributed by atoms with Crippen molar-refractivity contribution in [1.29, 1.82) is 0 Å². The van der Waals surface area contributed by atoms with E-state index in [4.69, 9.17) is 49.7 Å². The third kappa shape index (κ3) is 4.73. The maximum absolute atomic E-state index is 13.5. The van der Waals surface area contributed by atoms with Gasteiger partial charge in [0.2, 0.25) is 5.95 Å². The van der Waals surface area contributed by atoms with Crippen LogP contribution >= 0.6 is 0 Å². The normalized spacial score (nSPS) is 11.2. The maximum Gasteiger partial charge on any atom is 0.356 e. The van der Waals surface area contributed by atoms with E-state index in [0.29, 0.717) is 17.0 Å². The van der Waals surface area contributed by atoms with Crippen LogP contribution in [0.2, 0.25) is 0 Å². The summed E-state index contributed by atoms with van der Waals surface area (Å²) >= 11 is 0. The number of fused-ring (bicyclic) bond motifs is 1. The molecule has 2 N–H and O–H groups in total. The van der Waals surface area contributed by atoms with Crippen LogP contribution in [0.1, 0.15) is 21.9 Å². The minimum absolute atomic E-state index is 0.0145. The number of aryl methyl sites for hydroxylation is 1. The van der Waals surface area contributed by atoms with E-state index in [-0.39, 0.29) is 68.0 Å². The minimum atomic E-state index is -0.707. The molecule has 190 valence electrons. The molecule has 4 heterocycles. The van der Waals surface area contributed by atoms with Gasteiger partial charge in [0, 0.05) is 5.69 Å². The molecule has 0 fully saturated rings. The van der Waals surface area contributed by atoms with Gasteiger partial charge >= 0.3 is 11.7 Å². The summed E-state index contributed by atoms with van der Waals surface area (Å²) in [4.78, 5) is 38.6. The number of nitrogens with zero attached hydrogens (tertiary/aromatic N) is 6. The van der Waals surface area contributed by atoms with E-state index in [1.54, 1.807) is 13.0 Å². The van der Waals surface area contributed by atoms with Crippen LogP contribution in [0.4, 0.5) is 10.3 Å². The fraction of sp³-hybridized carbons (Fsp3) is 0.120. The number of nitrogen functional groups attached to an aromatic ring is 1. The van der Waals surface area contributed by atoms with E-state index >= 15 is 0 Å². The van der Waals surface area contributed by atoms with Gasteiger partial charge in [-0.05, 0) is 42.3 Å². The van der Waals surface area contributed by atoms with Crippen molar-refractivity contribution in [3.05, 3.63) is 63.8 Å². The largest absolute Gasteiger partial charge is 0.464 e. The van der Waals surface area contributed by atoms with Crippen LogP contribution in [0.15, 0.2) is 35.3 Å². The standard InChI is InChI=1S/C25H15B5FN7O3/c1-9-5-10(6-13(34-9)23(39)41-2)14-21(15-16(26)18(28)20(30)19(29)17(15)27)35-24(32)38-22(14)36-37(25(38)40)8-12-4-3-11(31)7-33-12/h3-7H,8H2,1-2H3,(H2,32,35). The minimum Gasteiger partial charge on any atom is -0.464 e. The fourth-order valence-corrected chi connectivity index (χ4v) is 4.43. The molecule has 0 aliphatic heterocycles. The average Bonchev–Trinajstić information content (AvgIpc) is 3.27. The summed E-state index contributed by atoms with van der Waals surface area (Å²) in [5.41, 5.74) is 6.91. The molecule has 0 amide bonds. The lowest BCUT2D eigenvalue weighted by atomic mass is 9.60. The molecule has 10 nitrogen and oxygen atoms in total. The number of hydrogen-bond acceptors (Lipinski definition) is 8. The Balaban J connectivity index is 1.91. The van der Waals surface area contributed by atoms with Gasteiger partial charge in [-0.15, -0.1) is 21.5 Å². The van der Waals surface area contributed by atoms with Crippen LogP contribution in [0.25, 0.3) is 28.0 Å². The average molecular weight is 534 g/mol. The number of methoxy groups -OCH3 is 1. The molecule has 0 aliphatic carbocycles. The highest BCUT2D eigenvalue weighted by Gasteiger charge is 2.25. The number of hydrogen-bond donors (Lipinski definition) is 1.